The molecule has 3 heterocycles. The zero-order valence-corrected chi connectivity index (χ0v) is 13.1. The van der Waals surface area contributed by atoms with Crippen LogP contribution in [0.25, 0.3) is 10.9 Å². The second-order valence-electron chi connectivity index (χ2n) is 5.58. The molecular formula is C16H13F2N3OS. The van der Waals surface area contributed by atoms with Gasteiger partial charge >= 0.3 is 0 Å². The van der Waals surface area contributed by atoms with Crippen molar-refractivity contribution in [1.29, 1.82) is 0 Å². The molecule has 118 valence electrons. The first-order valence-electron chi connectivity index (χ1n) is 7.24. The molecule has 0 unspecified atom stereocenters. The van der Waals surface area contributed by atoms with Gasteiger partial charge in [0.2, 0.25) is 0 Å². The summed E-state index contributed by atoms with van der Waals surface area (Å²) in [7, 11) is 0. The van der Waals surface area contributed by atoms with Crippen molar-refractivity contribution in [3.63, 3.8) is 0 Å². The Morgan fingerprint density at radius 2 is 2.13 bits per heavy atom. The molecular weight excluding hydrogens is 320 g/mol. The fraction of sp³-hybridized carbons (Fsp3) is 0.250. The van der Waals surface area contributed by atoms with Crippen molar-refractivity contribution in [2.75, 3.05) is 6.54 Å². The number of nitrogens with zero attached hydrogens (tertiary/aromatic N) is 2. The minimum atomic E-state index is -0.570. The SMILES string of the molecule is Cc1nc2c(s1)CN(C(=O)c1cc3c(F)ccc(F)c3[nH]1)CC2. The van der Waals surface area contributed by atoms with E-state index in [-0.39, 0.29) is 22.5 Å². The predicted octanol–water partition coefficient (Wildman–Crippen LogP) is 3.41. The molecule has 1 aliphatic heterocycles. The number of halogens is 2. The summed E-state index contributed by atoms with van der Waals surface area (Å²) in [4.78, 5) is 22.6. The van der Waals surface area contributed by atoms with E-state index in [1.165, 1.54) is 6.07 Å². The number of rotatable bonds is 1. The van der Waals surface area contributed by atoms with Gasteiger partial charge in [-0.2, -0.15) is 0 Å². The average molecular weight is 333 g/mol. The number of carbonyl (C=O) groups excluding carboxylic acids is 1. The van der Waals surface area contributed by atoms with Gasteiger partial charge in [0.1, 0.15) is 17.3 Å². The average Bonchev–Trinajstić information content (AvgIpc) is 3.13. The van der Waals surface area contributed by atoms with Gasteiger partial charge < -0.3 is 9.88 Å². The molecule has 1 aliphatic rings. The highest BCUT2D eigenvalue weighted by atomic mass is 32.1. The molecule has 0 atom stereocenters. The lowest BCUT2D eigenvalue weighted by molar-refractivity contribution is 0.0731. The Morgan fingerprint density at radius 3 is 2.91 bits per heavy atom. The summed E-state index contributed by atoms with van der Waals surface area (Å²) in [5, 5.41) is 1.08. The topological polar surface area (TPSA) is 49.0 Å². The van der Waals surface area contributed by atoms with E-state index in [1.54, 1.807) is 16.2 Å². The number of carbonyl (C=O) groups is 1. The fourth-order valence-electron chi connectivity index (χ4n) is 2.93. The third kappa shape index (κ3) is 2.31. The van der Waals surface area contributed by atoms with Gasteiger partial charge in [0.15, 0.2) is 0 Å². The second kappa shape index (κ2) is 5.13. The molecule has 2 aromatic heterocycles. The van der Waals surface area contributed by atoms with E-state index in [0.717, 1.165) is 27.7 Å². The van der Waals surface area contributed by atoms with Gasteiger partial charge in [-0.1, -0.05) is 0 Å². The Kier molecular flexibility index (Phi) is 3.19. The molecule has 1 N–H and O–H groups in total. The van der Waals surface area contributed by atoms with Crippen LogP contribution in [0.3, 0.4) is 0 Å². The standard InChI is InChI=1S/C16H13F2N3OS/c1-8-19-12-4-5-21(7-14(12)23-8)16(22)13-6-9-10(17)2-3-11(18)15(9)20-13/h2-3,6,20H,4-5,7H2,1H3. The number of amides is 1. The lowest BCUT2D eigenvalue weighted by atomic mass is 10.1. The van der Waals surface area contributed by atoms with Gasteiger partial charge in [0.05, 0.1) is 22.8 Å². The van der Waals surface area contributed by atoms with E-state index in [0.29, 0.717) is 19.5 Å². The number of fused-ring (bicyclic) bond motifs is 2. The molecule has 7 heteroatoms. The Morgan fingerprint density at radius 1 is 1.35 bits per heavy atom. The Labute approximate surface area is 134 Å². The van der Waals surface area contributed by atoms with E-state index < -0.39 is 11.6 Å². The molecule has 1 aromatic carbocycles. The number of H-pyrrole nitrogens is 1. The van der Waals surface area contributed by atoms with E-state index in [9.17, 15) is 13.6 Å². The first-order chi connectivity index (χ1) is 11.0. The van der Waals surface area contributed by atoms with Crippen LogP contribution < -0.4 is 0 Å². The quantitative estimate of drug-likeness (QED) is 0.742. The Bertz CT molecular complexity index is 892. The maximum Gasteiger partial charge on any atom is 0.270 e. The summed E-state index contributed by atoms with van der Waals surface area (Å²) >= 11 is 1.58. The number of nitrogens with one attached hydrogen (secondary N) is 1. The van der Waals surface area contributed by atoms with E-state index in [2.05, 4.69) is 9.97 Å². The van der Waals surface area contributed by atoms with Crippen molar-refractivity contribution >= 4 is 28.1 Å². The van der Waals surface area contributed by atoms with E-state index in [4.69, 9.17) is 0 Å². The lowest BCUT2D eigenvalue weighted by Crippen LogP contribution is -2.35. The normalized spacial score (nSPS) is 14.3. The molecule has 23 heavy (non-hydrogen) atoms. The predicted molar refractivity (Wildman–Crippen MR) is 83.5 cm³/mol. The largest absolute Gasteiger partial charge is 0.348 e. The van der Waals surface area contributed by atoms with Crippen molar-refractivity contribution < 1.29 is 13.6 Å². The van der Waals surface area contributed by atoms with Crippen LogP contribution in [-0.4, -0.2) is 27.3 Å². The maximum absolute atomic E-state index is 13.8. The van der Waals surface area contributed by atoms with Crippen LogP contribution in [0.2, 0.25) is 0 Å². The van der Waals surface area contributed by atoms with Gasteiger partial charge in [-0.15, -0.1) is 11.3 Å². The smallest absolute Gasteiger partial charge is 0.270 e. The highest BCUT2D eigenvalue weighted by Crippen LogP contribution is 2.27. The molecule has 0 spiro atoms. The van der Waals surface area contributed by atoms with E-state index >= 15 is 0 Å². The van der Waals surface area contributed by atoms with Crippen LogP contribution in [0.1, 0.15) is 26.1 Å². The van der Waals surface area contributed by atoms with Crippen LogP contribution in [0.5, 0.6) is 0 Å². The molecule has 4 rings (SSSR count). The van der Waals surface area contributed by atoms with E-state index in [1.807, 2.05) is 6.92 Å². The van der Waals surface area contributed by atoms with Gasteiger partial charge in [0.25, 0.3) is 5.91 Å². The summed E-state index contributed by atoms with van der Waals surface area (Å²) in [6.07, 6.45) is 0.703. The summed E-state index contributed by atoms with van der Waals surface area (Å²) < 4.78 is 27.5. The Balaban J connectivity index is 1.67. The van der Waals surface area contributed by atoms with Crippen LogP contribution in [0.4, 0.5) is 8.78 Å². The molecule has 0 saturated heterocycles. The van der Waals surface area contributed by atoms with Gasteiger partial charge in [0, 0.05) is 23.2 Å². The van der Waals surface area contributed by atoms with Crippen LogP contribution in [-0.2, 0) is 13.0 Å². The third-order valence-electron chi connectivity index (χ3n) is 4.05. The molecule has 0 aliphatic carbocycles. The lowest BCUT2D eigenvalue weighted by Gasteiger charge is -2.25. The van der Waals surface area contributed by atoms with Crippen LogP contribution >= 0.6 is 11.3 Å². The number of aryl methyl sites for hydroxylation is 1. The fourth-order valence-corrected chi connectivity index (χ4v) is 3.93. The number of benzene rings is 1. The highest BCUT2D eigenvalue weighted by molar-refractivity contribution is 7.11. The van der Waals surface area contributed by atoms with Crippen molar-refractivity contribution in [3.8, 4) is 0 Å². The first kappa shape index (κ1) is 14.3. The molecule has 0 fully saturated rings. The first-order valence-corrected chi connectivity index (χ1v) is 8.06. The number of aromatic amines is 1. The number of thiazole rings is 1. The molecule has 4 nitrogen and oxygen atoms in total. The molecule has 3 aromatic rings. The third-order valence-corrected chi connectivity index (χ3v) is 5.04. The molecule has 0 bridgehead atoms. The van der Waals surface area contributed by atoms with Crippen molar-refractivity contribution in [2.24, 2.45) is 0 Å². The van der Waals surface area contributed by atoms with Crippen LogP contribution in [0.15, 0.2) is 18.2 Å². The maximum atomic E-state index is 13.8. The zero-order chi connectivity index (χ0) is 16.1. The second-order valence-corrected chi connectivity index (χ2v) is 6.87. The number of hydrogen-bond donors (Lipinski definition) is 1. The molecule has 0 radical (unpaired) electrons. The van der Waals surface area contributed by atoms with Crippen molar-refractivity contribution in [3.05, 3.63) is 51.1 Å². The molecule has 0 saturated carbocycles. The van der Waals surface area contributed by atoms with Crippen molar-refractivity contribution in [1.82, 2.24) is 14.9 Å². The van der Waals surface area contributed by atoms with Crippen molar-refractivity contribution in [2.45, 2.75) is 19.9 Å². The zero-order valence-electron chi connectivity index (χ0n) is 12.3. The highest BCUT2D eigenvalue weighted by Gasteiger charge is 2.26. The van der Waals surface area contributed by atoms with Gasteiger partial charge in [-0.05, 0) is 25.1 Å². The summed E-state index contributed by atoms with van der Waals surface area (Å²) in [6.45, 7) is 2.98. The van der Waals surface area contributed by atoms with Gasteiger partial charge in [-0.25, -0.2) is 13.8 Å². The van der Waals surface area contributed by atoms with Gasteiger partial charge in [-0.3, -0.25) is 4.79 Å². The minimum Gasteiger partial charge on any atom is -0.348 e. The summed E-state index contributed by atoms with van der Waals surface area (Å²) in [5.74, 6) is -1.37. The minimum absolute atomic E-state index is 0.0275. The monoisotopic (exact) mass is 333 g/mol. The summed E-state index contributed by atoms with van der Waals surface area (Å²) in [6, 6.07) is 3.49. The molecule has 1 amide bonds. The van der Waals surface area contributed by atoms with Crippen LogP contribution in [0, 0.1) is 18.6 Å². The number of aromatic nitrogens is 2. The Hall–Kier alpha value is -2.28. The summed E-state index contributed by atoms with van der Waals surface area (Å²) in [5.41, 5.74) is 1.28. The number of hydrogen-bond acceptors (Lipinski definition) is 3.